The fraction of sp³-hybridized carbons (Fsp3) is 0.429. The Bertz CT molecular complexity index is 1100. The minimum atomic E-state index is -3.99. The van der Waals surface area contributed by atoms with Crippen molar-refractivity contribution in [3.8, 4) is 0 Å². The average molecular weight is 485 g/mol. The van der Waals surface area contributed by atoms with E-state index in [2.05, 4.69) is 4.72 Å². The lowest BCUT2D eigenvalue weighted by molar-refractivity contribution is -0.132. The highest BCUT2D eigenvalue weighted by Crippen LogP contribution is 2.37. The van der Waals surface area contributed by atoms with E-state index in [0.29, 0.717) is 47.0 Å². The molecule has 2 aromatic rings. The molecule has 3 rings (SSSR count). The first kappa shape index (κ1) is 23.7. The average Bonchev–Trinajstić information content (AvgIpc) is 3.11. The summed E-state index contributed by atoms with van der Waals surface area (Å²) in [6, 6.07) is 6.86. The van der Waals surface area contributed by atoms with Crippen LogP contribution in [0.2, 0.25) is 5.02 Å². The number of fused-ring (bicyclic) bond motifs is 1. The second-order valence-corrected chi connectivity index (χ2v) is 11.3. The summed E-state index contributed by atoms with van der Waals surface area (Å²) in [7, 11) is -2.76. The van der Waals surface area contributed by atoms with E-state index in [-0.39, 0.29) is 28.1 Å². The number of ether oxygens (including phenoxy) is 1. The molecule has 1 aliphatic rings. The summed E-state index contributed by atoms with van der Waals surface area (Å²) in [4.78, 5) is 27.4. The van der Waals surface area contributed by atoms with Crippen molar-refractivity contribution in [1.82, 2.24) is 9.62 Å². The minimum absolute atomic E-state index is 0.0251. The first-order valence-electron chi connectivity index (χ1n) is 9.87. The van der Waals surface area contributed by atoms with Crippen molar-refractivity contribution in [2.45, 2.75) is 44.0 Å². The molecule has 0 atom stereocenters. The van der Waals surface area contributed by atoms with Crippen molar-refractivity contribution >= 4 is 44.8 Å². The molecular weight excluding hydrogens is 460 g/mol. The van der Waals surface area contributed by atoms with Crippen LogP contribution < -0.4 is 4.72 Å². The number of hydrogen-bond acceptors (Lipinski definition) is 6. The second kappa shape index (κ2) is 9.68. The Hall–Kier alpha value is -1.94. The summed E-state index contributed by atoms with van der Waals surface area (Å²) in [6.45, 7) is 4.72. The van der Waals surface area contributed by atoms with Gasteiger partial charge in [0.15, 0.2) is 0 Å². The van der Waals surface area contributed by atoms with E-state index in [1.807, 2.05) is 13.8 Å². The Labute approximate surface area is 191 Å². The van der Waals surface area contributed by atoms with Gasteiger partial charge < -0.3 is 9.64 Å². The number of benzene rings is 1. The largest absolute Gasteiger partial charge is 0.465 e. The van der Waals surface area contributed by atoms with Crippen molar-refractivity contribution in [3.05, 3.63) is 50.9 Å². The summed E-state index contributed by atoms with van der Waals surface area (Å²) in [5.41, 5.74) is 1.41. The Morgan fingerprint density at radius 1 is 1.32 bits per heavy atom. The number of carbonyl (C=O) groups is 2. The lowest BCUT2D eigenvalue weighted by Gasteiger charge is -2.27. The van der Waals surface area contributed by atoms with Gasteiger partial charge in [-0.15, -0.1) is 11.3 Å². The molecule has 168 valence electrons. The third kappa shape index (κ3) is 5.46. The minimum Gasteiger partial charge on any atom is -0.465 e. The fourth-order valence-corrected chi connectivity index (χ4v) is 6.63. The highest BCUT2D eigenvalue weighted by molar-refractivity contribution is 7.91. The fourth-order valence-electron chi connectivity index (χ4n) is 3.46. The molecule has 10 heteroatoms. The molecule has 0 unspecified atom stereocenters. The Kier molecular flexibility index (Phi) is 7.41. The van der Waals surface area contributed by atoms with E-state index in [9.17, 15) is 18.0 Å². The van der Waals surface area contributed by atoms with Gasteiger partial charge in [-0.3, -0.25) is 4.79 Å². The van der Waals surface area contributed by atoms with Gasteiger partial charge in [-0.2, -0.15) is 0 Å². The first-order chi connectivity index (χ1) is 14.6. The van der Waals surface area contributed by atoms with Gasteiger partial charge in [0, 0.05) is 29.4 Å². The van der Waals surface area contributed by atoms with Crippen molar-refractivity contribution < 1.29 is 22.7 Å². The van der Waals surface area contributed by atoms with Gasteiger partial charge in [-0.05, 0) is 35.6 Å². The van der Waals surface area contributed by atoms with E-state index >= 15 is 0 Å². The van der Waals surface area contributed by atoms with Crippen molar-refractivity contribution in [3.63, 3.8) is 0 Å². The van der Waals surface area contributed by atoms with Crippen LogP contribution in [0, 0.1) is 5.92 Å². The number of methoxy groups -OCH3 is 1. The topological polar surface area (TPSA) is 92.8 Å². The molecule has 0 radical (unpaired) electrons. The molecule has 0 spiro atoms. The van der Waals surface area contributed by atoms with Crippen molar-refractivity contribution in [2.75, 3.05) is 13.7 Å². The van der Waals surface area contributed by atoms with Crippen LogP contribution in [0.3, 0.4) is 0 Å². The Morgan fingerprint density at radius 3 is 2.71 bits per heavy atom. The van der Waals surface area contributed by atoms with Crippen molar-refractivity contribution in [2.24, 2.45) is 5.92 Å². The van der Waals surface area contributed by atoms with Gasteiger partial charge in [0.1, 0.15) is 4.21 Å². The quantitative estimate of drug-likeness (QED) is 0.606. The molecule has 1 N–H and O–H groups in total. The van der Waals surface area contributed by atoms with E-state index in [1.165, 1.54) is 7.11 Å². The molecule has 0 saturated heterocycles. The number of nitrogens with one attached hydrogen (secondary N) is 1. The number of sulfonamides is 1. The zero-order chi connectivity index (χ0) is 22.8. The maximum absolute atomic E-state index is 13.1. The van der Waals surface area contributed by atoms with Crippen LogP contribution in [0.5, 0.6) is 0 Å². The number of esters is 1. The number of rotatable bonds is 7. The predicted octanol–water partition coefficient (Wildman–Crippen LogP) is 3.60. The van der Waals surface area contributed by atoms with E-state index in [4.69, 9.17) is 16.3 Å². The normalized spacial score (nSPS) is 13.9. The van der Waals surface area contributed by atoms with Gasteiger partial charge >= 0.3 is 5.97 Å². The molecule has 1 aromatic carbocycles. The SMILES string of the molecule is COC(=O)c1c(S(=O)(=O)NCc2cccc(Cl)c2)sc2c1CCN(C(=O)CC(C)C)C2. The summed E-state index contributed by atoms with van der Waals surface area (Å²) in [6.07, 6.45) is 0.834. The van der Waals surface area contributed by atoms with Crippen LogP contribution in [0.4, 0.5) is 0 Å². The van der Waals surface area contributed by atoms with E-state index in [0.717, 1.165) is 11.3 Å². The predicted molar refractivity (Wildman–Crippen MR) is 120 cm³/mol. The molecular formula is C21H25ClN2O5S2. The van der Waals surface area contributed by atoms with Gasteiger partial charge in [0.25, 0.3) is 10.0 Å². The number of halogens is 1. The summed E-state index contributed by atoms with van der Waals surface area (Å²) >= 11 is 6.99. The van der Waals surface area contributed by atoms with Gasteiger partial charge in [-0.1, -0.05) is 37.6 Å². The summed E-state index contributed by atoms with van der Waals surface area (Å²) < 4.78 is 33.5. The molecule has 0 bridgehead atoms. The number of amides is 1. The van der Waals surface area contributed by atoms with Gasteiger partial charge in [0.05, 0.1) is 19.2 Å². The van der Waals surface area contributed by atoms with Crippen LogP contribution in [0.15, 0.2) is 28.5 Å². The monoisotopic (exact) mass is 484 g/mol. The third-order valence-electron chi connectivity index (χ3n) is 4.95. The van der Waals surface area contributed by atoms with Crippen molar-refractivity contribution in [1.29, 1.82) is 0 Å². The molecule has 1 aromatic heterocycles. The number of thiophene rings is 1. The van der Waals surface area contributed by atoms with Crippen LogP contribution in [-0.2, 0) is 39.1 Å². The van der Waals surface area contributed by atoms with Crippen LogP contribution in [0.1, 0.15) is 46.6 Å². The zero-order valence-corrected chi connectivity index (χ0v) is 20.0. The second-order valence-electron chi connectivity index (χ2n) is 7.78. The molecule has 2 heterocycles. The van der Waals surface area contributed by atoms with Gasteiger partial charge in [-0.25, -0.2) is 17.9 Å². The maximum atomic E-state index is 13.1. The standard InChI is InChI=1S/C21H25ClN2O5S2/c1-13(2)9-18(25)24-8-7-16-17(12-24)30-21(19(16)20(26)29-3)31(27,28)23-11-14-5-4-6-15(22)10-14/h4-6,10,13,23H,7-9,11-12H2,1-3H3. The molecule has 31 heavy (non-hydrogen) atoms. The summed E-state index contributed by atoms with van der Waals surface area (Å²) in [5.74, 6) is -0.436. The third-order valence-corrected chi connectivity index (χ3v) is 8.32. The first-order valence-corrected chi connectivity index (χ1v) is 12.5. The van der Waals surface area contributed by atoms with Crippen LogP contribution in [0.25, 0.3) is 0 Å². The lowest BCUT2D eigenvalue weighted by Crippen LogP contribution is -2.36. The van der Waals surface area contributed by atoms with Crippen LogP contribution in [-0.4, -0.2) is 38.8 Å². The highest BCUT2D eigenvalue weighted by atomic mass is 35.5. The smallest absolute Gasteiger partial charge is 0.340 e. The zero-order valence-electron chi connectivity index (χ0n) is 17.6. The Morgan fingerprint density at radius 2 is 2.06 bits per heavy atom. The maximum Gasteiger partial charge on any atom is 0.340 e. The molecule has 1 aliphatic heterocycles. The number of carbonyl (C=O) groups excluding carboxylic acids is 2. The molecule has 0 fully saturated rings. The van der Waals surface area contributed by atoms with Crippen LogP contribution >= 0.6 is 22.9 Å². The van der Waals surface area contributed by atoms with E-state index < -0.39 is 16.0 Å². The van der Waals surface area contributed by atoms with E-state index in [1.54, 1.807) is 29.2 Å². The van der Waals surface area contributed by atoms with Gasteiger partial charge in [0.2, 0.25) is 5.91 Å². The molecule has 7 nitrogen and oxygen atoms in total. The Balaban J connectivity index is 1.90. The lowest BCUT2D eigenvalue weighted by atomic mass is 10.0. The number of nitrogens with zero attached hydrogens (tertiary/aromatic N) is 1. The highest BCUT2D eigenvalue weighted by Gasteiger charge is 2.34. The molecule has 0 saturated carbocycles. The molecule has 0 aliphatic carbocycles. The summed E-state index contributed by atoms with van der Waals surface area (Å²) in [5, 5.41) is 0.504. The molecule has 1 amide bonds. The number of hydrogen-bond donors (Lipinski definition) is 1.